The molecule has 21 heavy (non-hydrogen) atoms. The molecule has 1 atom stereocenters. The molecule has 112 valence electrons. The van der Waals surface area contributed by atoms with E-state index in [1.165, 1.54) is 11.6 Å². The number of nitrogens with two attached hydrogens (primary N) is 1. The second-order valence-electron chi connectivity index (χ2n) is 5.50. The molecule has 3 rings (SSSR count). The summed E-state index contributed by atoms with van der Waals surface area (Å²) in [6.45, 7) is 2.66. The first-order valence-corrected chi connectivity index (χ1v) is 7.41. The quantitative estimate of drug-likeness (QED) is 0.944. The Labute approximate surface area is 122 Å². The minimum absolute atomic E-state index is 0.322. The topological polar surface area (TPSA) is 43.8 Å². The van der Waals surface area contributed by atoms with Crippen LogP contribution in [0.4, 0.5) is 8.78 Å². The van der Waals surface area contributed by atoms with Gasteiger partial charge in [0.05, 0.1) is 11.4 Å². The predicted molar refractivity (Wildman–Crippen MR) is 77.6 cm³/mol. The van der Waals surface area contributed by atoms with Gasteiger partial charge in [-0.1, -0.05) is 6.92 Å². The van der Waals surface area contributed by atoms with Crippen LogP contribution < -0.4 is 5.73 Å². The second kappa shape index (κ2) is 5.56. The summed E-state index contributed by atoms with van der Waals surface area (Å²) in [5.74, 6) is -1.36. The number of nitrogens with zero attached hydrogens (tertiary/aromatic N) is 2. The number of hydrogen-bond donors (Lipinski definition) is 1. The number of fused-ring (bicyclic) bond motifs is 1. The van der Waals surface area contributed by atoms with Crippen LogP contribution in [-0.4, -0.2) is 16.3 Å². The van der Waals surface area contributed by atoms with Gasteiger partial charge in [0.1, 0.15) is 0 Å². The number of halogens is 2. The van der Waals surface area contributed by atoms with Crippen molar-refractivity contribution in [1.82, 2.24) is 9.78 Å². The maximum Gasteiger partial charge on any atom is 0.160 e. The minimum Gasteiger partial charge on any atom is -0.330 e. The Morgan fingerprint density at radius 3 is 2.81 bits per heavy atom. The Hall–Kier alpha value is -1.75. The van der Waals surface area contributed by atoms with Crippen LogP contribution in [0.25, 0.3) is 5.69 Å². The molecule has 1 aliphatic carbocycles. The molecule has 0 saturated carbocycles. The fraction of sp³-hybridized carbons (Fsp3) is 0.438. The van der Waals surface area contributed by atoms with E-state index >= 15 is 0 Å². The lowest BCUT2D eigenvalue weighted by Gasteiger charge is -2.22. The molecule has 0 fully saturated rings. The molecule has 1 unspecified atom stereocenters. The first-order valence-electron chi connectivity index (χ1n) is 7.41. The number of aryl methyl sites for hydroxylation is 1. The lowest BCUT2D eigenvalue weighted by atomic mass is 9.85. The highest BCUT2D eigenvalue weighted by Gasteiger charge is 2.27. The molecule has 5 heteroatoms. The number of aromatic nitrogens is 2. The lowest BCUT2D eigenvalue weighted by molar-refractivity contribution is 0.506. The maximum absolute atomic E-state index is 13.5. The zero-order chi connectivity index (χ0) is 15.0. The Balaban J connectivity index is 2.15. The van der Waals surface area contributed by atoms with Gasteiger partial charge in [-0.25, -0.2) is 13.5 Å². The van der Waals surface area contributed by atoms with E-state index in [9.17, 15) is 8.78 Å². The van der Waals surface area contributed by atoms with E-state index in [1.807, 2.05) is 0 Å². The van der Waals surface area contributed by atoms with Gasteiger partial charge in [0.15, 0.2) is 11.6 Å². The van der Waals surface area contributed by atoms with Crippen LogP contribution in [0.15, 0.2) is 18.2 Å². The molecule has 0 spiro atoms. The fourth-order valence-electron chi connectivity index (χ4n) is 3.21. The average molecular weight is 291 g/mol. The van der Waals surface area contributed by atoms with E-state index < -0.39 is 11.6 Å². The van der Waals surface area contributed by atoms with Crippen molar-refractivity contribution >= 4 is 0 Å². The highest BCUT2D eigenvalue weighted by atomic mass is 19.2. The van der Waals surface area contributed by atoms with Crippen LogP contribution in [-0.2, 0) is 12.8 Å². The van der Waals surface area contributed by atoms with E-state index in [1.54, 1.807) is 10.7 Å². The molecule has 0 amide bonds. The van der Waals surface area contributed by atoms with Gasteiger partial charge >= 0.3 is 0 Å². The third kappa shape index (κ3) is 2.35. The van der Waals surface area contributed by atoms with Crippen LogP contribution in [0.3, 0.4) is 0 Å². The zero-order valence-corrected chi connectivity index (χ0v) is 12.1. The molecule has 0 saturated heterocycles. The van der Waals surface area contributed by atoms with Gasteiger partial charge in [-0.05, 0) is 50.3 Å². The van der Waals surface area contributed by atoms with Gasteiger partial charge < -0.3 is 5.73 Å². The molecule has 1 heterocycles. The number of rotatable bonds is 3. The molecule has 3 nitrogen and oxygen atoms in total. The van der Waals surface area contributed by atoms with Gasteiger partial charge in [0.2, 0.25) is 0 Å². The van der Waals surface area contributed by atoms with E-state index in [0.29, 0.717) is 18.2 Å². The summed E-state index contributed by atoms with van der Waals surface area (Å²) in [6.07, 6.45) is 3.83. The molecule has 1 aromatic heterocycles. The first kappa shape index (κ1) is 14.2. The van der Waals surface area contributed by atoms with E-state index in [2.05, 4.69) is 12.0 Å². The lowest BCUT2D eigenvalue weighted by Crippen LogP contribution is -2.19. The Morgan fingerprint density at radius 2 is 2.14 bits per heavy atom. The highest BCUT2D eigenvalue weighted by Crippen LogP contribution is 2.35. The van der Waals surface area contributed by atoms with E-state index in [4.69, 9.17) is 5.73 Å². The van der Waals surface area contributed by atoms with Gasteiger partial charge in [0.25, 0.3) is 0 Å². The van der Waals surface area contributed by atoms with Crippen molar-refractivity contribution in [3.05, 3.63) is 46.8 Å². The summed E-state index contributed by atoms with van der Waals surface area (Å²) in [6, 6.07) is 3.92. The SMILES string of the molecule is CCc1nn(-c2ccc(F)c(F)c2)c2c1C(CN)CCC2. The van der Waals surface area contributed by atoms with Crippen molar-refractivity contribution in [2.75, 3.05) is 6.54 Å². The fourth-order valence-corrected chi connectivity index (χ4v) is 3.21. The van der Waals surface area contributed by atoms with Crippen LogP contribution in [0, 0.1) is 11.6 Å². The second-order valence-corrected chi connectivity index (χ2v) is 5.50. The normalized spacial score (nSPS) is 17.8. The van der Waals surface area contributed by atoms with Crippen LogP contribution in [0.2, 0.25) is 0 Å². The highest BCUT2D eigenvalue weighted by molar-refractivity contribution is 5.41. The minimum atomic E-state index is -0.846. The Kier molecular flexibility index (Phi) is 3.76. The third-order valence-corrected chi connectivity index (χ3v) is 4.24. The first-order chi connectivity index (χ1) is 10.2. The molecular formula is C16H19F2N3. The van der Waals surface area contributed by atoms with Crippen molar-refractivity contribution in [3.8, 4) is 5.69 Å². The maximum atomic E-state index is 13.5. The number of hydrogen-bond acceptors (Lipinski definition) is 2. The van der Waals surface area contributed by atoms with Crippen molar-refractivity contribution in [1.29, 1.82) is 0 Å². The van der Waals surface area contributed by atoms with Gasteiger partial charge in [-0.15, -0.1) is 0 Å². The average Bonchev–Trinajstić information content (AvgIpc) is 2.89. The molecule has 2 aromatic rings. The van der Waals surface area contributed by atoms with Crippen molar-refractivity contribution < 1.29 is 8.78 Å². The summed E-state index contributed by atoms with van der Waals surface area (Å²) >= 11 is 0. The third-order valence-electron chi connectivity index (χ3n) is 4.24. The molecule has 1 aliphatic rings. The van der Waals surface area contributed by atoms with E-state index in [-0.39, 0.29) is 0 Å². The molecule has 0 bridgehead atoms. The standard InChI is InChI=1S/C16H19F2N3/c1-2-14-16-10(9-19)4-3-5-15(16)21(20-14)11-6-7-12(17)13(18)8-11/h6-8,10H,2-5,9,19H2,1H3. The largest absolute Gasteiger partial charge is 0.330 e. The van der Waals surface area contributed by atoms with Gasteiger partial charge in [-0.3, -0.25) is 0 Å². The monoisotopic (exact) mass is 291 g/mol. The summed E-state index contributed by atoms with van der Waals surface area (Å²) in [5, 5.41) is 4.62. The summed E-state index contributed by atoms with van der Waals surface area (Å²) in [7, 11) is 0. The van der Waals surface area contributed by atoms with Crippen molar-refractivity contribution in [3.63, 3.8) is 0 Å². The van der Waals surface area contributed by atoms with Crippen molar-refractivity contribution in [2.45, 2.75) is 38.5 Å². The molecule has 0 aliphatic heterocycles. The summed E-state index contributed by atoms with van der Waals surface area (Å²) in [4.78, 5) is 0. The number of benzene rings is 1. The molecular weight excluding hydrogens is 272 g/mol. The summed E-state index contributed by atoms with van der Waals surface area (Å²) < 4.78 is 28.4. The van der Waals surface area contributed by atoms with Gasteiger partial charge in [0, 0.05) is 17.3 Å². The van der Waals surface area contributed by atoms with Crippen molar-refractivity contribution in [2.24, 2.45) is 5.73 Å². The molecule has 1 aromatic carbocycles. The smallest absolute Gasteiger partial charge is 0.160 e. The van der Waals surface area contributed by atoms with E-state index in [0.717, 1.165) is 43.1 Å². The Morgan fingerprint density at radius 1 is 1.33 bits per heavy atom. The Bertz CT molecular complexity index is 664. The van der Waals surface area contributed by atoms with Gasteiger partial charge in [-0.2, -0.15) is 5.10 Å². The van der Waals surface area contributed by atoms with Crippen LogP contribution in [0.5, 0.6) is 0 Å². The van der Waals surface area contributed by atoms with Crippen LogP contribution in [0.1, 0.15) is 42.6 Å². The molecule has 2 N–H and O–H groups in total. The summed E-state index contributed by atoms with van der Waals surface area (Å²) in [5.41, 5.74) is 9.79. The van der Waals surface area contributed by atoms with Crippen LogP contribution >= 0.6 is 0 Å². The molecule has 0 radical (unpaired) electrons. The zero-order valence-electron chi connectivity index (χ0n) is 12.1. The predicted octanol–water partition coefficient (Wildman–Crippen LogP) is 3.09.